The largest absolute Gasteiger partial charge is 0.497 e. The molecule has 0 bridgehead atoms. The highest BCUT2D eigenvalue weighted by atomic mass is 32.2. The number of carbonyl (C=O) groups is 2. The van der Waals surface area contributed by atoms with Gasteiger partial charge in [-0.15, -0.1) is 0 Å². The number of hydrogen-bond acceptors (Lipinski definition) is 6. The van der Waals surface area contributed by atoms with E-state index in [0.29, 0.717) is 23.1 Å². The maximum atomic E-state index is 12.1. The number of H-pyrrole nitrogens is 1. The van der Waals surface area contributed by atoms with Crippen molar-refractivity contribution in [3.63, 3.8) is 0 Å². The van der Waals surface area contributed by atoms with Crippen LogP contribution in [0.1, 0.15) is 17.3 Å². The van der Waals surface area contributed by atoms with Crippen molar-refractivity contribution in [3.8, 4) is 11.5 Å². The van der Waals surface area contributed by atoms with E-state index in [2.05, 4.69) is 15.3 Å². The maximum absolute atomic E-state index is 12.1. The van der Waals surface area contributed by atoms with Gasteiger partial charge in [-0.2, -0.15) is 0 Å². The minimum Gasteiger partial charge on any atom is -0.497 e. The molecule has 3 rings (SSSR count). The number of nitrogens with zero attached hydrogens (tertiary/aromatic N) is 1. The molecular weight excluding hydrogens is 366 g/mol. The van der Waals surface area contributed by atoms with Crippen LogP contribution in [0.3, 0.4) is 0 Å². The van der Waals surface area contributed by atoms with Gasteiger partial charge in [-0.05, 0) is 43.3 Å². The van der Waals surface area contributed by atoms with E-state index in [1.165, 1.54) is 11.8 Å². The number of fused-ring (bicyclic) bond motifs is 1. The van der Waals surface area contributed by atoms with Crippen LogP contribution >= 0.6 is 11.8 Å². The summed E-state index contributed by atoms with van der Waals surface area (Å²) in [6, 6.07) is 12.1. The predicted molar refractivity (Wildman–Crippen MR) is 103 cm³/mol. The number of methoxy groups -OCH3 is 1. The number of carbonyl (C=O) groups excluding carboxylic acids is 2. The van der Waals surface area contributed by atoms with Crippen LogP contribution in [-0.2, 0) is 4.79 Å². The number of thioether (sulfide) groups is 1. The molecule has 0 radical (unpaired) electrons. The van der Waals surface area contributed by atoms with E-state index < -0.39 is 11.8 Å². The van der Waals surface area contributed by atoms with E-state index in [-0.39, 0.29) is 5.75 Å². The Balaban J connectivity index is 1.56. The van der Waals surface area contributed by atoms with Gasteiger partial charge in [-0.1, -0.05) is 11.8 Å². The van der Waals surface area contributed by atoms with Crippen LogP contribution in [0.15, 0.2) is 47.6 Å². The number of hydrogen-bond donors (Lipinski definition) is 2. The summed E-state index contributed by atoms with van der Waals surface area (Å²) in [5, 5.41) is 2.96. The van der Waals surface area contributed by atoms with Gasteiger partial charge < -0.3 is 14.5 Å². The van der Waals surface area contributed by atoms with Crippen LogP contribution in [0.25, 0.3) is 11.0 Å². The molecule has 2 aromatic carbocycles. The summed E-state index contributed by atoms with van der Waals surface area (Å²) in [6.07, 6.45) is 0. The molecule has 8 heteroatoms. The van der Waals surface area contributed by atoms with Crippen molar-refractivity contribution >= 4 is 34.6 Å². The van der Waals surface area contributed by atoms with Crippen LogP contribution in [0.2, 0.25) is 0 Å². The SMILES string of the molecule is CCOc1ccc2nc(SCC(=O)NC(=O)c3ccc(OC)cc3)[nH]c2c1. The number of ether oxygens (including phenoxy) is 2. The summed E-state index contributed by atoms with van der Waals surface area (Å²) in [5.41, 5.74) is 2.01. The number of imidazole rings is 1. The molecule has 0 aliphatic carbocycles. The Morgan fingerprint density at radius 1 is 1.15 bits per heavy atom. The molecule has 0 fully saturated rings. The van der Waals surface area contributed by atoms with Gasteiger partial charge in [0.1, 0.15) is 11.5 Å². The molecule has 2 amide bonds. The zero-order valence-electron chi connectivity index (χ0n) is 14.9. The molecule has 7 nitrogen and oxygen atoms in total. The third kappa shape index (κ3) is 4.79. The summed E-state index contributed by atoms with van der Waals surface area (Å²) in [6.45, 7) is 2.51. The third-order valence-electron chi connectivity index (χ3n) is 3.69. The molecule has 0 saturated heterocycles. The van der Waals surface area contributed by atoms with Crippen molar-refractivity contribution in [2.45, 2.75) is 12.1 Å². The van der Waals surface area contributed by atoms with Crippen LogP contribution in [-0.4, -0.2) is 41.3 Å². The molecule has 3 aromatic rings. The van der Waals surface area contributed by atoms with Crippen molar-refractivity contribution in [3.05, 3.63) is 48.0 Å². The molecule has 1 aromatic heterocycles. The average molecular weight is 385 g/mol. The van der Waals surface area contributed by atoms with Crippen molar-refractivity contribution in [1.29, 1.82) is 0 Å². The molecule has 0 atom stereocenters. The van der Waals surface area contributed by atoms with Gasteiger partial charge in [0.15, 0.2) is 5.16 Å². The second kappa shape index (κ2) is 8.59. The fourth-order valence-corrected chi connectivity index (χ4v) is 3.09. The van der Waals surface area contributed by atoms with Gasteiger partial charge in [0.05, 0.1) is 30.5 Å². The lowest BCUT2D eigenvalue weighted by atomic mass is 10.2. The zero-order chi connectivity index (χ0) is 19.2. The lowest BCUT2D eigenvalue weighted by Gasteiger charge is -2.04. The van der Waals surface area contributed by atoms with Crippen molar-refractivity contribution in [2.24, 2.45) is 0 Å². The summed E-state index contributed by atoms with van der Waals surface area (Å²) in [4.78, 5) is 31.7. The van der Waals surface area contributed by atoms with E-state index in [4.69, 9.17) is 9.47 Å². The first-order chi connectivity index (χ1) is 13.1. The molecule has 0 spiro atoms. The van der Waals surface area contributed by atoms with Crippen LogP contribution in [0.5, 0.6) is 11.5 Å². The quantitative estimate of drug-likeness (QED) is 0.607. The van der Waals surface area contributed by atoms with Gasteiger partial charge in [0.2, 0.25) is 5.91 Å². The lowest BCUT2D eigenvalue weighted by molar-refractivity contribution is -0.117. The van der Waals surface area contributed by atoms with Crippen molar-refractivity contribution in [1.82, 2.24) is 15.3 Å². The van der Waals surface area contributed by atoms with Gasteiger partial charge in [-0.3, -0.25) is 14.9 Å². The second-order valence-electron chi connectivity index (χ2n) is 5.55. The lowest BCUT2D eigenvalue weighted by Crippen LogP contribution is -2.31. The number of imide groups is 1. The highest BCUT2D eigenvalue weighted by molar-refractivity contribution is 7.99. The Bertz CT molecular complexity index is 953. The van der Waals surface area contributed by atoms with Gasteiger partial charge >= 0.3 is 0 Å². The Hall–Kier alpha value is -3.00. The third-order valence-corrected chi connectivity index (χ3v) is 4.56. The van der Waals surface area contributed by atoms with Crippen molar-refractivity contribution < 1.29 is 19.1 Å². The second-order valence-corrected chi connectivity index (χ2v) is 6.51. The summed E-state index contributed by atoms with van der Waals surface area (Å²) < 4.78 is 10.5. The molecule has 0 aliphatic heterocycles. The fourth-order valence-electron chi connectivity index (χ4n) is 2.40. The van der Waals surface area contributed by atoms with Gasteiger partial charge in [0.25, 0.3) is 5.91 Å². The van der Waals surface area contributed by atoms with E-state index in [1.807, 2.05) is 25.1 Å². The first-order valence-electron chi connectivity index (χ1n) is 8.32. The molecule has 0 saturated carbocycles. The number of benzene rings is 2. The standard InChI is InChI=1S/C19H19N3O4S/c1-3-26-14-8-9-15-16(10-14)21-19(20-15)27-11-17(23)22-18(24)12-4-6-13(25-2)7-5-12/h4-10H,3,11H2,1-2H3,(H,20,21)(H,22,23,24). The highest BCUT2D eigenvalue weighted by Gasteiger charge is 2.12. The van der Waals surface area contributed by atoms with E-state index in [0.717, 1.165) is 16.8 Å². The number of amides is 2. The Morgan fingerprint density at radius 2 is 1.89 bits per heavy atom. The average Bonchev–Trinajstić information content (AvgIpc) is 3.09. The normalized spacial score (nSPS) is 10.6. The molecule has 27 heavy (non-hydrogen) atoms. The van der Waals surface area contributed by atoms with Crippen LogP contribution < -0.4 is 14.8 Å². The molecular formula is C19H19N3O4S. The molecule has 0 unspecified atom stereocenters. The molecule has 0 aliphatic rings. The topological polar surface area (TPSA) is 93.3 Å². The van der Waals surface area contributed by atoms with Crippen LogP contribution in [0.4, 0.5) is 0 Å². The maximum Gasteiger partial charge on any atom is 0.257 e. The number of rotatable bonds is 7. The van der Waals surface area contributed by atoms with E-state index in [1.54, 1.807) is 31.4 Å². The first kappa shape index (κ1) is 18.8. The molecule has 2 N–H and O–H groups in total. The minimum absolute atomic E-state index is 0.0695. The predicted octanol–water partition coefficient (Wildman–Crippen LogP) is 3.02. The van der Waals surface area contributed by atoms with Crippen LogP contribution in [0, 0.1) is 0 Å². The molecule has 1 heterocycles. The molecule has 140 valence electrons. The zero-order valence-corrected chi connectivity index (χ0v) is 15.8. The number of nitrogens with one attached hydrogen (secondary N) is 2. The Morgan fingerprint density at radius 3 is 2.59 bits per heavy atom. The number of aromatic amines is 1. The number of aromatic nitrogens is 2. The van der Waals surface area contributed by atoms with E-state index >= 15 is 0 Å². The van der Waals surface area contributed by atoms with E-state index in [9.17, 15) is 9.59 Å². The summed E-state index contributed by atoms with van der Waals surface area (Å²) in [7, 11) is 1.55. The smallest absolute Gasteiger partial charge is 0.257 e. The van der Waals surface area contributed by atoms with Gasteiger partial charge in [0, 0.05) is 11.6 Å². The summed E-state index contributed by atoms with van der Waals surface area (Å²) in [5.74, 6) is 0.629. The highest BCUT2D eigenvalue weighted by Crippen LogP contribution is 2.23. The monoisotopic (exact) mass is 385 g/mol. The van der Waals surface area contributed by atoms with Crippen molar-refractivity contribution in [2.75, 3.05) is 19.5 Å². The first-order valence-corrected chi connectivity index (χ1v) is 9.31. The fraction of sp³-hybridized carbons (Fsp3) is 0.211. The van der Waals surface area contributed by atoms with Gasteiger partial charge in [-0.25, -0.2) is 4.98 Å². The Kier molecular flexibility index (Phi) is 5.97. The summed E-state index contributed by atoms with van der Waals surface area (Å²) >= 11 is 1.22. The minimum atomic E-state index is -0.450. The Labute approximate surface area is 160 Å².